The molecule has 0 aromatic heterocycles. The number of hydrogen-bond acceptors (Lipinski definition) is 2. The third-order valence-corrected chi connectivity index (χ3v) is 5.76. The third-order valence-electron chi connectivity index (χ3n) is 5.76. The molecule has 1 aliphatic rings. The van der Waals surface area contributed by atoms with Crippen LogP contribution in [0.2, 0.25) is 0 Å². The highest BCUT2D eigenvalue weighted by Crippen LogP contribution is 2.29. The fraction of sp³-hybridized carbons (Fsp3) is 0.458. The first-order valence-corrected chi connectivity index (χ1v) is 10.4. The summed E-state index contributed by atoms with van der Waals surface area (Å²) in [4.78, 5) is 14.7. The van der Waals surface area contributed by atoms with Gasteiger partial charge in [-0.05, 0) is 61.3 Å². The van der Waals surface area contributed by atoms with Crippen LogP contribution in [0.4, 0.5) is 5.69 Å². The maximum Gasteiger partial charge on any atom is 0.222 e. The molecule has 2 aromatic carbocycles. The van der Waals surface area contributed by atoms with Crippen LogP contribution >= 0.6 is 0 Å². The standard InChI is InChI=1S/C24H32N2O/c1-2-24(27)26(17-8-4-7-12-19-10-5-3-6-11-19)21-15-16-22-20(18-21)13-9-14-23(22)25/h3,5-6,9-11,13-14,21H,2,4,7-8,12,15-18,25H2,1H3. The third kappa shape index (κ3) is 5.12. The van der Waals surface area contributed by atoms with E-state index in [0.717, 1.165) is 44.3 Å². The Balaban J connectivity index is 1.53. The maximum absolute atomic E-state index is 12.6. The van der Waals surface area contributed by atoms with Crippen LogP contribution in [-0.2, 0) is 24.1 Å². The Morgan fingerprint density at radius 3 is 2.67 bits per heavy atom. The Kier molecular flexibility index (Phi) is 6.92. The van der Waals surface area contributed by atoms with Crippen LogP contribution in [0.5, 0.6) is 0 Å². The number of carbonyl (C=O) groups is 1. The van der Waals surface area contributed by atoms with Crippen molar-refractivity contribution in [2.45, 2.75) is 64.3 Å². The highest BCUT2D eigenvalue weighted by atomic mass is 16.2. The van der Waals surface area contributed by atoms with Gasteiger partial charge in [-0.1, -0.05) is 55.8 Å². The molecule has 3 nitrogen and oxygen atoms in total. The summed E-state index contributed by atoms with van der Waals surface area (Å²) in [5.74, 6) is 0.287. The van der Waals surface area contributed by atoms with Crippen molar-refractivity contribution in [1.29, 1.82) is 0 Å². The number of nitrogens with zero attached hydrogens (tertiary/aromatic N) is 1. The molecule has 144 valence electrons. The summed E-state index contributed by atoms with van der Waals surface area (Å²) >= 11 is 0. The van der Waals surface area contributed by atoms with Crippen molar-refractivity contribution in [2.75, 3.05) is 12.3 Å². The van der Waals surface area contributed by atoms with Crippen LogP contribution in [-0.4, -0.2) is 23.4 Å². The van der Waals surface area contributed by atoms with E-state index in [1.54, 1.807) is 0 Å². The molecule has 1 amide bonds. The van der Waals surface area contributed by atoms with E-state index >= 15 is 0 Å². The lowest BCUT2D eigenvalue weighted by molar-refractivity contribution is -0.133. The van der Waals surface area contributed by atoms with Crippen molar-refractivity contribution in [2.24, 2.45) is 0 Å². The second-order valence-corrected chi connectivity index (χ2v) is 7.62. The van der Waals surface area contributed by atoms with E-state index in [1.807, 2.05) is 19.1 Å². The number of aryl methyl sites for hydroxylation is 1. The minimum atomic E-state index is 0.287. The van der Waals surface area contributed by atoms with E-state index in [2.05, 4.69) is 41.3 Å². The molecule has 27 heavy (non-hydrogen) atoms. The molecule has 0 fully saturated rings. The average molecular weight is 365 g/mol. The zero-order chi connectivity index (χ0) is 19.1. The second-order valence-electron chi connectivity index (χ2n) is 7.62. The van der Waals surface area contributed by atoms with Crippen molar-refractivity contribution in [3.8, 4) is 0 Å². The molecular weight excluding hydrogens is 332 g/mol. The lowest BCUT2D eigenvalue weighted by Crippen LogP contribution is -2.43. The minimum absolute atomic E-state index is 0.287. The molecular formula is C24H32N2O. The van der Waals surface area contributed by atoms with Crippen LogP contribution < -0.4 is 5.73 Å². The number of carbonyl (C=O) groups excluding carboxylic acids is 1. The number of fused-ring (bicyclic) bond motifs is 1. The Morgan fingerprint density at radius 1 is 1.07 bits per heavy atom. The van der Waals surface area contributed by atoms with Gasteiger partial charge in [-0.3, -0.25) is 4.79 Å². The van der Waals surface area contributed by atoms with Crippen LogP contribution in [0, 0.1) is 0 Å². The van der Waals surface area contributed by atoms with E-state index in [9.17, 15) is 4.79 Å². The van der Waals surface area contributed by atoms with E-state index in [1.165, 1.54) is 29.5 Å². The molecule has 1 atom stereocenters. The molecule has 0 heterocycles. The molecule has 1 unspecified atom stereocenters. The van der Waals surface area contributed by atoms with Crippen LogP contribution in [0.1, 0.15) is 55.7 Å². The minimum Gasteiger partial charge on any atom is -0.398 e. The predicted molar refractivity (Wildman–Crippen MR) is 113 cm³/mol. The first-order chi connectivity index (χ1) is 13.2. The van der Waals surface area contributed by atoms with Gasteiger partial charge in [0.1, 0.15) is 0 Å². The number of nitrogen functional groups attached to an aromatic ring is 1. The first kappa shape index (κ1) is 19.5. The summed E-state index contributed by atoms with van der Waals surface area (Å²) in [7, 11) is 0. The summed E-state index contributed by atoms with van der Waals surface area (Å²) in [6.07, 6.45) is 8.09. The fourth-order valence-electron chi connectivity index (χ4n) is 4.23. The number of benzene rings is 2. The van der Waals surface area contributed by atoms with Gasteiger partial charge in [-0.25, -0.2) is 0 Å². The summed E-state index contributed by atoms with van der Waals surface area (Å²) in [5, 5.41) is 0. The first-order valence-electron chi connectivity index (χ1n) is 10.4. The van der Waals surface area contributed by atoms with Gasteiger partial charge in [0.2, 0.25) is 5.91 Å². The van der Waals surface area contributed by atoms with Gasteiger partial charge in [-0.15, -0.1) is 0 Å². The van der Waals surface area contributed by atoms with Crippen LogP contribution in [0.15, 0.2) is 48.5 Å². The van der Waals surface area contributed by atoms with Crippen molar-refractivity contribution >= 4 is 11.6 Å². The Bertz CT molecular complexity index is 741. The summed E-state index contributed by atoms with van der Waals surface area (Å²) in [6.45, 7) is 2.85. The lowest BCUT2D eigenvalue weighted by Gasteiger charge is -2.35. The van der Waals surface area contributed by atoms with Gasteiger partial charge >= 0.3 is 0 Å². The Hall–Kier alpha value is -2.29. The molecule has 0 spiro atoms. The zero-order valence-corrected chi connectivity index (χ0v) is 16.5. The average Bonchev–Trinajstić information content (AvgIpc) is 2.71. The fourth-order valence-corrected chi connectivity index (χ4v) is 4.23. The molecule has 0 radical (unpaired) electrons. The number of anilines is 1. The van der Waals surface area contributed by atoms with Gasteiger partial charge in [0.25, 0.3) is 0 Å². The summed E-state index contributed by atoms with van der Waals surface area (Å²) in [5.41, 5.74) is 11.1. The van der Waals surface area contributed by atoms with Crippen molar-refractivity contribution < 1.29 is 4.79 Å². The molecule has 1 aliphatic carbocycles. The number of rotatable bonds is 8. The molecule has 2 N–H and O–H groups in total. The quantitative estimate of drug-likeness (QED) is 0.541. The van der Waals surface area contributed by atoms with Crippen molar-refractivity contribution in [3.05, 3.63) is 65.2 Å². The van der Waals surface area contributed by atoms with Crippen LogP contribution in [0.3, 0.4) is 0 Å². The van der Waals surface area contributed by atoms with Gasteiger partial charge < -0.3 is 10.6 Å². The highest BCUT2D eigenvalue weighted by Gasteiger charge is 2.27. The van der Waals surface area contributed by atoms with E-state index in [0.29, 0.717) is 12.5 Å². The number of nitrogens with two attached hydrogens (primary N) is 1. The number of hydrogen-bond donors (Lipinski definition) is 1. The highest BCUT2D eigenvalue weighted by molar-refractivity contribution is 5.76. The SMILES string of the molecule is CCC(=O)N(CCCCCc1ccccc1)C1CCc2c(N)cccc2C1. The Labute approximate surface area is 163 Å². The monoisotopic (exact) mass is 364 g/mol. The molecule has 0 aliphatic heterocycles. The van der Waals surface area contributed by atoms with Gasteiger partial charge in [0, 0.05) is 24.7 Å². The molecule has 2 aromatic rings. The molecule has 3 rings (SSSR count). The van der Waals surface area contributed by atoms with E-state index < -0.39 is 0 Å². The number of unbranched alkanes of at least 4 members (excludes halogenated alkanes) is 2. The zero-order valence-electron chi connectivity index (χ0n) is 16.5. The molecule has 3 heteroatoms. The molecule has 0 saturated heterocycles. The largest absolute Gasteiger partial charge is 0.398 e. The predicted octanol–water partition coefficient (Wildman–Crippen LogP) is 4.78. The summed E-state index contributed by atoms with van der Waals surface area (Å²) < 4.78 is 0. The van der Waals surface area contributed by atoms with Gasteiger partial charge in [0.15, 0.2) is 0 Å². The smallest absolute Gasteiger partial charge is 0.222 e. The lowest BCUT2D eigenvalue weighted by atomic mass is 9.86. The van der Waals surface area contributed by atoms with Gasteiger partial charge in [-0.2, -0.15) is 0 Å². The topological polar surface area (TPSA) is 46.3 Å². The maximum atomic E-state index is 12.6. The number of amides is 1. The van der Waals surface area contributed by atoms with Gasteiger partial charge in [0.05, 0.1) is 0 Å². The second kappa shape index (κ2) is 9.59. The molecule has 0 saturated carbocycles. The summed E-state index contributed by atoms with van der Waals surface area (Å²) in [6, 6.07) is 17.2. The Morgan fingerprint density at radius 2 is 1.89 bits per heavy atom. The van der Waals surface area contributed by atoms with Crippen molar-refractivity contribution in [3.63, 3.8) is 0 Å². The van der Waals surface area contributed by atoms with Crippen molar-refractivity contribution in [1.82, 2.24) is 4.90 Å². The van der Waals surface area contributed by atoms with E-state index in [4.69, 9.17) is 5.73 Å². The normalized spacial score (nSPS) is 16.0. The van der Waals surface area contributed by atoms with E-state index in [-0.39, 0.29) is 5.91 Å². The van der Waals surface area contributed by atoms with Crippen LogP contribution in [0.25, 0.3) is 0 Å². The molecule has 0 bridgehead atoms.